The number of nitrogens with zero attached hydrogens (tertiary/aromatic N) is 2. The van der Waals surface area contributed by atoms with Crippen LogP contribution < -0.4 is 5.32 Å². The SMILES string of the molecule is CCCNC(CC)c1c(C)nn(C2CCC(C)CC2)c1C. The van der Waals surface area contributed by atoms with E-state index >= 15 is 0 Å². The molecule has 1 aromatic rings. The van der Waals surface area contributed by atoms with Gasteiger partial charge in [0.05, 0.1) is 11.7 Å². The lowest BCUT2D eigenvalue weighted by atomic mass is 9.87. The zero-order valence-corrected chi connectivity index (χ0v) is 14.6. The van der Waals surface area contributed by atoms with Gasteiger partial charge in [-0.05, 0) is 64.8 Å². The van der Waals surface area contributed by atoms with Gasteiger partial charge in [-0.3, -0.25) is 4.68 Å². The molecule has 3 heteroatoms. The molecule has 1 N–H and O–H groups in total. The van der Waals surface area contributed by atoms with Crippen LogP contribution in [0.3, 0.4) is 0 Å². The molecular weight excluding hydrogens is 258 g/mol. The lowest BCUT2D eigenvalue weighted by Gasteiger charge is -2.27. The van der Waals surface area contributed by atoms with Crippen molar-refractivity contribution in [2.75, 3.05) is 6.54 Å². The van der Waals surface area contributed by atoms with Crippen molar-refractivity contribution in [3.8, 4) is 0 Å². The third-order valence-corrected chi connectivity index (χ3v) is 5.11. The van der Waals surface area contributed by atoms with Gasteiger partial charge < -0.3 is 5.32 Å². The highest BCUT2D eigenvalue weighted by atomic mass is 15.3. The van der Waals surface area contributed by atoms with E-state index in [4.69, 9.17) is 5.10 Å². The highest BCUT2D eigenvalue weighted by Gasteiger charge is 2.25. The van der Waals surface area contributed by atoms with Crippen LogP contribution in [0.15, 0.2) is 0 Å². The Morgan fingerprint density at radius 3 is 2.43 bits per heavy atom. The first-order valence-electron chi connectivity index (χ1n) is 8.87. The fourth-order valence-corrected chi connectivity index (χ4v) is 3.79. The number of hydrogen-bond acceptors (Lipinski definition) is 2. The molecule has 0 aliphatic heterocycles. The Bertz CT molecular complexity index is 442. The number of nitrogens with one attached hydrogen (secondary N) is 1. The Morgan fingerprint density at radius 2 is 1.86 bits per heavy atom. The topological polar surface area (TPSA) is 29.9 Å². The minimum Gasteiger partial charge on any atom is -0.310 e. The van der Waals surface area contributed by atoms with Gasteiger partial charge in [0.1, 0.15) is 0 Å². The molecule has 3 nitrogen and oxygen atoms in total. The van der Waals surface area contributed by atoms with Crippen molar-refractivity contribution in [2.45, 2.75) is 85.2 Å². The zero-order chi connectivity index (χ0) is 15.4. The summed E-state index contributed by atoms with van der Waals surface area (Å²) >= 11 is 0. The maximum Gasteiger partial charge on any atom is 0.0644 e. The lowest BCUT2D eigenvalue weighted by Crippen LogP contribution is -2.23. The average molecular weight is 291 g/mol. The maximum absolute atomic E-state index is 4.91. The first kappa shape index (κ1) is 16.5. The molecule has 0 amide bonds. The fourth-order valence-electron chi connectivity index (χ4n) is 3.79. The van der Waals surface area contributed by atoms with Gasteiger partial charge in [-0.15, -0.1) is 0 Å². The maximum atomic E-state index is 4.91. The highest BCUT2D eigenvalue weighted by Crippen LogP contribution is 2.34. The molecule has 1 atom stereocenters. The Labute approximate surface area is 130 Å². The van der Waals surface area contributed by atoms with Gasteiger partial charge in [-0.25, -0.2) is 0 Å². The van der Waals surface area contributed by atoms with Gasteiger partial charge in [0.2, 0.25) is 0 Å². The Kier molecular flexibility index (Phi) is 5.86. The second kappa shape index (κ2) is 7.44. The standard InChI is InChI=1S/C18H33N3/c1-6-12-19-17(7-2)18-14(4)20-21(15(18)5)16-10-8-13(3)9-11-16/h13,16-17,19H,6-12H2,1-5H3. The number of hydrogen-bond donors (Lipinski definition) is 1. The van der Waals surface area contributed by atoms with Gasteiger partial charge in [0.25, 0.3) is 0 Å². The van der Waals surface area contributed by atoms with E-state index in [9.17, 15) is 0 Å². The summed E-state index contributed by atoms with van der Waals surface area (Å²) in [6.45, 7) is 12.4. The van der Waals surface area contributed by atoms with Crippen LogP contribution in [0.2, 0.25) is 0 Å². The van der Waals surface area contributed by atoms with Crippen molar-refractivity contribution in [1.82, 2.24) is 15.1 Å². The smallest absolute Gasteiger partial charge is 0.0644 e. The molecule has 1 aromatic heterocycles. The van der Waals surface area contributed by atoms with Gasteiger partial charge >= 0.3 is 0 Å². The van der Waals surface area contributed by atoms with Crippen molar-refractivity contribution in [1.29, 1.82) is 0 Å². The van der Waals surface area contributed by atoms with Gasteiger partial charge in [0, 0.05) is 17.3 Å². The van der Waals surface area contributed by atoms with Crippen LogP contribution in [0.5, 0.6) is 0 Å². The van der Waals surface area contributed by atoms with Crippen LogP contribution in [0.1, 0.15) is 88.3 Å². The second-order valence-corrected chi connectivity index (χ2v) is 6.86. The molecule has 1 heterocycles. The molecular formula is C18H33N3. The molecule has 1 fully saturated rings. The number of aromatic nitrogens is 2. The minimum absolute atomic E-state index is 0.459. The average Bonchev–Trinajstić information content (AvgIpc) is 2.77. The summed E-state index contributed by atoms with van der Waals surface area (Å²) in [5.74, 6) is 0.896. The molecule has 0 saturated heterocycles. The molecule has 0 aromatic carbocycles. The predicted molar refractivity (Wildman–Crippen MR) is 89.7 cm³/mol. The van der Waals surface area contributed by atoms with E-state index in [1.54, 1.807) is 0 Å². The summed E-state index contributed by atoms with van der Waals surface area (Å²) in [5, 5.41) is 8.60. The summed E-state index contributed by atoms with van der Waals surface area (Å²) < 4.78 is 2.34. The third-order valence-electron chi connectivity index (χ3n) is 5.11. The van der Waals surface area contributed by atoms with Gasteiger partial charge in [0.15, 0.2) is 0 Å². The summed E-state index contributed by atoms with van der Waals surface area (Å²) in [5.41, 5.74) is 4.06. The summed E-state index contributed by atoms with van der Waals surface area (Å²) in [6, 6.07) is 1.08. The molecule has 1 saturated carbocycles. The van der Waals surface area contributed by atoms with Crippen LogP contribution in [0, 0.1) is 19.8 Å². The van der Waals surface area contributed by atoms with E-state index in [0.717, 1.165) is 18.9 Å². The first-order chi connectivity index (χ1) is 10.1. The van der Waals surface area contributed by atoms with Gasteiger partial charge in [-0.2, -0.15) is 5.10 Å². The van der Waals surface area contributed by atoms with Crippen LogP contribution in [0.25, 0.3) is 0 Å². The van der Waals surface area contributed by atoms with E-state index in [-0.39, 0.29) is 0 Å². The molecule has 1 aliphatic carbocycles. The fraction of sp³-hybridized carbons (Fsp3) is 0.833. The quantitative estimate of drug-likeness (QED) is 0.823. The second-order valence-electron chi connectivity index (χ2n) is 6.86. The predicted octanol–water partition coefficient (Wildman–Crippen LogP) is 4.70. The minimum atomic E-state index is 0.459. The molecule has 0 spiro atoms. The lowest BCUT2D eigenvalue weighted by molar-refractivity contribution is 0.270. The molecule has 2 rings (SSSR count). The van der Waals surface area contributed by atoms with Crippen molar-refractivity contribution in [3.05, 3.63) is 17.0 Å². The van der Waals surface area contributed by atoms with E-state index in [0.29, 0.717) is 12.1 Å². The van der Waals surface area contributed by atoms with Crippen LogP contribution in [-0.4, -0.2) is 16.3 Å². The molecule has 0 radical (unpaired) electrons. The van der Waals surface area contributed by atoms with Crippen LogP contribution in [-0.2, 0) is 0 Å². The first-order valence-corrected chi connectivity index (χ1v) is 8.87. The van der Waals surface area contributed by atoms with Gasteiger partial charge in [-0.1, -0.05) is 20.8 Å². The van der Waals surface area contributed by atoms with E-state index < -0.39 is 0 Å². The Morgan fingerprint density at radius 1 is 1.19 bits per heavy atom. The molecule has 120 valence electrons. The van der Waals surface area contributed by atoms with Crippen LogP contribution >= 0.6 is 0 Å². The molecule has 21 heavy (non-hydrogen) atoms. The monoisotopic (exact) mass is 291 g/mol. The Balaban J connectivity index is 2.20. The normalized spacial score (nSPS) is 24.2. The van der Waals surface area contributed by atoms with Crippen molar-refractivity contribution < 1.29 is 0 Å². The van der Waals surface area contributed by atoms with Crippen molar-refractivity contribution >= 4 is 0 Å². The third kappa shape index (κ3) is 3.68. The summed E-state index contributed by atoms with van der Waals surface area (Å²) in [7, 11) is 0. The van der Waals surface area contributed by atoms with E-state index in [2.05, 4.69) is 44.6 Å². The molecule has 0 bridgehead atoms. The van der Waals surface area contributed by atoms with E-state index in [1.807, 2.05) is 0 Å². The summed E-state index contributed by atoms with van der Waals surface area (Å²) in [4.78, 5) is 0. The number of rotatable bonds is 6. The van der Waals surface area contributed by atoms with Crippen molar-refractivity contribution in [2.24, 2.45) is 5.92 Å². The largest absolute Gasteiger partial charge is 0.310 e. The molecule has 1 unspecified atom stereocenters. The molecule has 1 aliphatic rings. The number of aryl methyl sites for hydroxylation is 1. The highest BCUT2D eigenvalue weighted by molar-refractivity contribution is 5.28. The van der Waals surface area contributed by atoms with E-state index in [1.165, 1.54) is 49.1 Å². The zero-order valence-electron chi connectivity index (χ0n) is 14.6. The van der Waals surface area contributed by atoms with Crippen molar-refractivity contribution in [3.63, 3.8) is 0 Å². The van der Waals surface area contributed by atoms with Crippen LogP contribution in [0.4, 0.5) is 0 Å². The Hall–Kier alpha value is -0.830. The summed E-state index contributed by atoms with van der Waals surface area (Å²) in [6.07, 6.45) is 7.61.